The predicted molar refractivity (Wildman–Crippen MR) is 102 cm³/mol. The van der Waals surface area contributed by atoms with Gasteiger partial charge in [-0.05, 0) is 17.7 Å². The Hall–Kier alpha value is -3.67. The average molecular weight is 377 g/mol. The summed E-state index contributed by atoms with van der Waals surface area (Å²) in [6, 6.07) is 19.7. The largest absolute Gasteiger partial charge is 0.469 e. The average Bonchev–Trinajstić information content (AvgIpc) is 2.74. The molecule has 28 heavy (non-hydrogen) atoms. The van der Waals surface area contributed by atoms with Crippen LogP contribution in [0.15, 0.2) is 72.9 Å². The topological polar surface area (TPSA) is 74.7 Å². The molecule has 0 unspecified atom stereocenters. The lowest BCUT2D eigenvalue weighted by Gasteiger charge is -2.10. The summed E-state index contributed by atoms with van der Waals surface area (Å²) in [5, 5.41) is 0. The highest BCUT2D eigenvalue weighted by molar-refractivity contribution is 5.89. The maximum atomic E-state index is 12.1. The van der Waals surface area contributed by atoms with Gasteiger partial charge in [-0.2, -0.15) is 0 Å². The SMILES string of the molecule is COC(=O)Cc1ccccc1Oc1ccc(C(=O)OCc2ccccc2)cn1. The fourth-order valence-corrected chi connectivity index (χ4v) is 2.46. The Balaban J connectivity index is 1.63. The van der Waals surface area contributed by atoms with Gasteiger partial charge < -0.3 is 14.2 Å². The number of carbonyl (C=O) groups is 2. The number of pyridine rings is 1. The lowest BCUT2D eigenvalue weighted by molar-refractivity contribution is -0.139. The van der Waals surface area contributed by atoms with Crippen LogP contribution in [0.2, 0.25) is 0 Å². The molecule has 0 radical (unpaired) electrons. The normalized spacial score (nSPS) is 10.2. The van der Waals surface area contributed by atoms with E-state index in [4.69, 9.17) is 14.2 Å². The van der Waals surface area contributed by atoms with Crippen LogP contribution in [0.1, 0.15) is 21.5 Å². The first-order valence-corrected chi connectivity index (χ1v) is 8.65. The van der Waals surface area contributed by atoms with E-state index in [9.17, 15) is 9.59 Å². The van der Waals surface area contributed by atoms with Gasteiger partial charge in [0.2, 0.25) is 5.88 Å². The zero-order chi connectivity index (χ0) is 19.8. The van der Waals surface area contributed by atoms with Crippen molar-refractivity contribution in [3.8, 4) is 11.6 Å². The fraction of sp³-hybridized carbons (Fsp3) is 0.136. The predicted octanol–water partition coefficient (Wildman–Crippen LogP) is 3.95. The standard InChI is InChI=1S/C22H19NO5/c1-26-21(24)13-17-9-5-6-10-19(17)28-20-12-11-18(14-23-20)22(25)27-15-16-7-3-2-4-8-16/h2-12,14H,13,15H2,1H3. The molecule has 0 bridgehead atoms. The van der Waals surface area contributed by atoms with Crippen LogP contribution in [0.5, 0.6) is 11.6 Å². The molecule has 0 atom stereocenters. The van der Waals surface area contributed by atoms with Crippen molar-refractivity contribution in [1.82, 2.24) is 4.98 Å². The third-order valence-corrected chi connectivity index (χ3v) is 3.93. The summed E-state index contributed by atoms with van der Waals surface area (Å²) in [6.07, 6.45) is 1.49. The molecule has 0 amide bonds. The smallest absolute Gasteiger partial charge is 0.340 e. The minimum Gasteiger partial charge on any atom is -0.469 e. The second kappa shape index (κ2) is 9.32. The molecule has 0 saturated carbocycles. The van der Waals surface area contributed by atoms with Crippen LogP contribution >= 0.6 is 0 Å². The van der Waals surface area contributed by atoms with E-state index in [-0.39, 0.29) is 19.0 Å². The minimum atomic E-state index is -0.464. The van der Waals surface area contributed by atoms with Crippen LogP contribution in [-0.2, 0) is 27.3 Å². The van der Waals surface area contributed by atoms with E-state index >= 15 is 0 Å². The van der Waals surface area contributed by atoms with Crippen molar-refractivity contribution >= 4 is 11.9 Å². The maximum Gasteiger partial charge on any atom is 0.340 e. The Morgan fingerprint density at radius 3 is 2.39 bits per heavy atom. The third-order valence-electron chi connectivity index (χ3n) is 3.93. The molecule has 6 nitrogen and oxygen atoms in total. The molecule has 1 heterocycles. The van der Waals surface area contributed by atoms with E-state index < -0.39 is 5.97 Å². The lowest BCUT2D eigenvalue weighted by atomic mass is 10.1. The number of rotatable bonds is 7. The number of nitrogens with zero attached hydrogens (tertiary/aromatic N) is 1. The van der Waals surface area contributed by atoms with Crippen LogP contribution in [0, 0.1) is 0 Å². The molecule has 0 N–H and O–H groups in total. The summed E-state index contributed by atoms with van der Waals surface area (Å²) in [5.74, 6) is -0.0220. The van der Waals surface area contributed by atoms with Crippen LogP contribution in [0.3, 0.4) is 0 Å². The maximum absolute atomic E-state index is 12.1. The number of benzene rings is 2. The van der Waals surface area contributed by atoms with Crippen molar-refractivity contribution in [2.75, 3.05) is 7.11 Å². The molecule has 0 aliphatic rings. The summed E-state index contributed by atoms with van der Waals surface area (Å²) in [6.45, 7) is 0.193. The van der Waals surface area contributed by atoms with E-state index in [0.717, 1.165) is 5.56 Å². The quantitative estimate of drug-likeness (QED) is 0.581. The summed E-state index contributed by atoms with van der Waals surface area (Å²) in [5.41, 5.74) is 1.92. The van der Waals surface area contributed by atoms with Gasteiger partial charge in [0.25, 0.3) is 0 Å². The highest BCUT2D eigenvalue weighted by Gasteiger charge is 2.12. The Labute approximate surface area is 162 Å². The number of hydrogen-bond acceptors (Lipinski definition) is 6. The molecule has 0 spiro atoms. The van der Waals surface area contributed by atoms with E-state index in [1.165, 1.54) is 13.3 Å². The Kier molecular flexibility index (Phi) is 6.36. The van der Waals surface area contributed by atoms with Gasteiger partial charge in [0.05, 0.1) is 19.1 Å². The van der Waals surface area contributed by atoms with Gasteiger partial charge in [0.1, 0.15) is 12.4 Å². The minimum absolute atomic E-state index is 0.0938. The van der Waals surface area contributed by atoms with Crippen molar-refractivity contribution in [3.63, 3.8) is 0 Å². The number of carbonyl (C=O) groups excluding carboxylic acids is 2. The second-order valence-corrected chi connectivity index (χ2v) is 5.91. The number of para-hydroxylation sites is 1. The molecule has 0 aliphatic heterocycles. The number of hydrogen-bond donors (Lipinski definition) is 0. The van der Waals surface area contributed by atoms with Gasteiger partial charge in [-0.25, -0.2) is 9.78 Å². The molecule has 0 fully saturated rings. The van der Waals surface area contributed by atoms with Crippen molar-refractivity contribution in [3.05, 3.63) is 89.6 Å². The summed E-state index contributed by atoms with van der Waals surface area (Å²) in [7, 11) is 1.34. The third kappa shape index (κ3) is 5.17. The van der Waals surface area contributed by atoms with Crippen LogP contribution in [0.4, 0.5) is 0 Å². The molecular formula is C22H19NO5. The van der Waals surface area contributed by atoms with Crippen molar-refractivity contribution < 1.29 is 23.8 Å². The second-order valence-electron chi connectivity index (χ2n) is 5.91. The van der Waals surface area contributed by atoms with E-state index in [0.29, 0.717) is 22.8 Å². The van der Waals surface area contributed by atoms with Crippen LogP contribution in [-0.4, -0.2) is 24.0 Å². The van der Waals surface area contributed by atoms with Crippen LogP contribution in [0.25, 0.3) is 0 Å². The number of ether oxygens (including phenoxy) is 3. The molecule has 142 valence electrons. The van der Waals surface area contributed by atoms with E-state index in [1.54, 1.807) is 30.3 Å². The first-order valence-electron chi connectivity index (χ1n) is 8.65. The molecular weight excluding hydrogens is 358 g/mol. The van der Waals surface area contributed by atoms with E-state index in [1.807, 2.05) is 36.4 Å². The highest BCUT2D eigenvalue weighted by Crippen LogP contribution is 2.24. The molecule has 6 heteroatoms. The number of aromatic nitrogens is 1. The summed E-state index contributed by atoms with van der Waals surface area (Å²) < 4.78 is 15.7. The highest BCUT2D eigenvalue weighted by atomic mass is 16.5. The molecule has 3 aromatic rings. The molecule has 1 aromatic heterocycles. The summed E-state index contributed by atoms with van der Waals surface area (Å²) in [4.78, 5) is 27.8. The Morgan fingerprint density at radius 1 is 0.929 bits per heavy atom. The van der Waals surface area contributed by atoms with Gasteiger partial charge in [-0.1, -0.05) is 48.5 Å². The Bertz CT molecular complexity index is 939. The molecule has 0 aliphatic carbocycles. The zero-order valence-electron chi connectivity index (χ0n) is 15.3. The molecule has 3 rings (SSSR count). The first-order chi connectivity index (χ1) is 13.7. The first kappa shape index (κ1) is 19.1. The van der Waals surface area contributed by atoms with Crippen molar-refractivity contribution in [2.24, 2.45) is 0 Å². The van der Waals surface area contributed by atoms with Gasteiger partial charge in [0.15, 0.2) is 0 Å². The number of methoxy groups -OCH3 is 1. The van der Waals surface area contributed by atoms with Crippen molar-refractivity contribution in [2.45, 2.75) is 13.0 Å². The van der Waals surface area contributed by atoms with Gasteiger partial charge >= 0.3 is 11.9 Å². The lowest BCUT2D eigenvalue weighted by Crippen LogP contribution is -2.07. The van der Waals surface area contributed by atoms with Crippen molar-refractivity contribution in [1.29, 1.82) is 0 Å². The van der Waals surface area contributed by atoms with Gasteiger partial charge in [-0.3, -0.25) is 4.79 Å². The van der Waals surface area contributed by atoms with Gasteiger partial charge in [0, 0.05) is 17.8 Å². The number of esters is 2. The van der Waals surface area contributed by atoms with Gasteiger partial charge in [-0.15, -0.1) is 0 Å². The zero-order valence-corrected chi connectivity index (χ0v) is 15.3. The van der Waals surface area contributed by atoms with Crippen LogP contribution < -0.4 is 4.74 Å². The molecule has 0 saturated heterocycles. The summed E-state index contributed by atoms with van der Waals surface area (Å²) >= 11 is 0. The monoisotopic (exact) mass is 377 g/mol. The Morgan fingerprint density at radius 2 is 1.68 bits per heavy atom. The van der Waals surface area contributed by atoms with E-state index in [2.05, 4.69) is 4.98 Å². The fourth-order valence-electron chi connectivity index (χ4n) is 2.46. The molecule has 2 aromatic carbocycles.